The smallest absolute Gasteiger partial charge is 0.789 e. The summed E-state index contributed by atoms with van der Waals surface area (Å²) in [5.74, 6) is 0. The molecular formula is H6O9P2Zn. The van der Waals surface area contributed by atoms with Gasteiger partial charge in [0.15, 0.2) is 0 Å². The van der Waals surface area contributed by atoms with Crippen molar-refractivity contribution >= 4 is 15.6 Å². The molecule has 0 saturated heterocycles. The molecule has 12 heavy (non-hydrogen) atoms. The quantitative estimate of drug-likeness (QED) is 0.382. The number of rotatable bonds is 2. The van der Waals surface area contributed by atoms with Crippen LogP contribution in [0.1, 0.15) is 0 Å². The Morgan fingerprint density at radius 2 is 1.33 bits per heavy atom. The third kappa shape index (κ3) is 22.4. The summed E-state index contributed by atoms with van der Waals surface area (Å²) in [6, 6.07) is 0. The molecule has 12 heteroatoms. The van der Waals surface area contributed by atoms with Crippen LogP contribution in [0.15, 0.2) is 0 Å². The van der Waals surface area contributed by atoms with Gasteiger partial charge in [0.2, 0.25) is 0 Å². The van der Waals surface area contributed by atoms with E-state index in [0.29, 0.717) is 0 Å². The Morgan fingerprint density at radius 1 is 1.08 bits per heavy atom. The van der Waals surface area contributed by atoms with E-state index in [1.165, 1.54) is 0 Å². The molecule has 0 aromatic rings. The van der Waals surface area contributed by atoms with Gasteiger partial charge < -0.3 is 35.1 Å². The van der Waals surface area contributed by atoms with Crippen molar-refractivity contribution in [2.75, 3.05) is 0 Å². The Kier molecular flexibility index (Phi) is 13.9. The number of phosphoric acid groups is 2. The molecule has 72 valence electrons. The van der Waals surface area contributed by atoms with Crippen LogP contribution < -0.4 is 9.79 Å². The molecule has 0 atom stereocenters. The standard InChI is InChI=1S/H4O7P2.2H2O.Zn/c1-8(2,3)7-9(4,5)6;;;/h(H2,1,2,3)(H2,4,5,6);2*1H2;/q;;;+2/p-2. The molecule has 0 bridgehead atoms. The van der Waals surface area contributed by atoms with Gasteiger partial charge in [-0.25, -0.2) is 4.57 Å². The van der Waals surface area contributed by atoms with Gasteiger partial charge in [0, 0.05) is 0 Å². The molecule has 0 amide bonds. The SMILES string of the molecule is O.O.O=P([O-])([O-])OP(=O)(O)O.[Zn+2]. The molecule has 0 rings (SSSR count). The van der Waals surface area contributed by atoms with Crippen molar-refractivity contribution in [1.82, 2.24) is 0 Å². The van der Waals surface area contributed by atoms with Gasteiger partial charge >= 0.3 is 27.3 Å². The van der Waals surface area contributed by atoms with Crippen molar-refractivity contribution in [3.63, 3.8) is 0 Å². The maximum absolute atomic E-state index is 9.55. The fourth-order valence-electron chi connectivity index (χ4n) is 0.130. The van der Waals surface area contributed by atoms with Crippen molar-refractivity contribution in [3.05, 3.63) is 0 Å². The van der Waals surface area contributed by atoms with Crippen molar-refractivity contribution in [1.29, 1.82) is 0 Å². The summed E-state index contributed by atoms with van der Waals surface area (Å²) >= 11 is 0. The summed E-state index contributed by atoms with van der Waals surface area (Å²) in [7, 11) is -10.7. The largest absolute Gasteiger partial charge is 2.00 e. The average molecular weight is 277 g/mol. The van der Waals surface area contributed by atoms with Crippen LogP contribution in [-0.2, 0) is 32.9 Å². The molecule has 0 aliphatic rings. The predicted octanol–water partition coefficient (Wildman–Crippen LogP) is -3.73. The Hall–Kier alpha value is 0.803. The number of hydrogen-bond donors (Lipinski definition) is 2. The molecule has 0 aliphatic heterocycles. The molecule has 0 heterocycles. The van der Waals surface area contributed by atoms with Crippen LogP contribution in [0, 0.1) is 0 Å². The van der Waals surface area contributed by atoms with Crippen LogP contribution in [0.3, 0.4) is 0 Å². The van der Waals surface area contributed by atoms with Crippen LogP contribution >= 0.6 is 15.6 Å². The van der Waals surface area contributed by atoms with Gasteiger partial charge in [0.05, 0.1) is 7.82 Å². The molecule has 0 saturated carbocycles. The van der Waals surface area contributed by atoms with Gasteiger partial charge in [-0.15, -0.1) is 0 Å². The van der Waals surface area contributed by atoms with Gasteiger partial charge in [0.25, 0.3) is 0 Å². The van der Waals surface area contributed by atoms with Gasteiger partial charge in [-0.05, 0) is 0 Å². The van der Waals surface area contributed by atoms with E-state index in [1.54, 1.807) is 0 Å². The predicted molar refractivity (Wildman–Crippen MR) is 28.0 cm³/mol. The minimum absolute atomic E-state index is 0. The molecule has 0 fully saturated rings. The van der Waals surface area contributed by atoms with E-state index in [2.05, 4.69) is 4.31 Å². The third-order valence-electron chi connectivity index (χ3n) is 0.206. The summed E-state index contributed by atoms with van der Waals surface area (Å²) in [5.41, 5.74) is 0. The second-order valence-corrected chi connectivity index (χ2v) is 3.55. The van der Waals surface area contributed by atoms with Crippen LogP contribution in [0.5, 0.6) is 0 Å². The van der Waals surface area contributed by atoms with E-state index in [9.17, 15) is 18.9 Å². The fourth-order valence-corrected chi connectivity index (χ4v) is 1.17. The van der Waals surface area contributed by atoms with Crippen LogP contribution in [-0.4, -0.2) is 20.7 Å². The molecule has 0 aliphatic carbocycles. The first-order chi connectivity index (χ1) is 3.71. The summed E-state index contributed by atoms with van der Waals surface area (Å²) < 4.78 is 21.7. The number of hydrogen-bond acceptors (Lipinski definition) is 5. The van der Waals surface area contributed by atoms with E-state index < -0.39 is 15.6 Å². The summed E-state index contributed by atoms with van der Waals surface area (Å²) in [6.07, 6.45) is 0. The van der Waals surface area contributed by atoms with Gasteiger partial charge in [0.1, 0.15) is 0 Å². The molecule has 0 aromatic carbocycles. The molecule has 9 nitrogen and oxygen atoms in total. The maximum Gasteiger partial charge on any atom is 2.00 e. The second kappa shape index (κ2) is 7.23. The minimum Gasteiger partial charge on any atom is -0.789 e. The zero-order chi connectivity index (χ0) is 7.71. The van der Waals surface area contributed by atoms with Gasteiger partial charge in [-0.2, -0.15) is 0 Å². The molecule has 0 spiro atoms. The van der Waals surface area contributed by atoms with Crippen molar-refractivity contribution in [3.8, 4) is 0 Å². The Labute approximate surface area is 79.6 Å². The molecule has 0 aromatic heterocycles. The Bertz CT molecular complexity index is 153. The summed E-state index contributed by atoms with van der Waals surface area (Å²) in [6.45, 7) is 0. The zero-order valence-corrected chi connectivity index (χ0v) is 10.3. The molecule has 0 unspecified atom stereocenters. The summed E-state index contributed by atoms with van der Waals surface area (Å²) in [5, 5.41) is 0. The normalized spacial score (nSPS) is 10.3. The zero-order valence-electron chi connectivity index (χ0n) is 5.54. The van der Waals surface area contributed by atoms with Crippen molar-refractivity contribution < 1.29 is 63.4 Å². The first kappa shape index (κ1) is 23.0. The third-order valence-corrected chi connectivity index (χ3v) is 1.86. The Balaban J connectivity index is -0.000000107. The van der Waals surface area contributed by atoms with E-state index in [0.717, 1.165) is 0 Å². The summed E-state index contributed by atoms with van der Waals surface area (Å²) in [4.78, 5) is 34.1. The molecular weight excluding hydrogens is 271 g/mol. The Morgan fingerprint density at radius 3 is 1.33 bits per heavy atom. The second-order valence-electron chi connectivity index (χ2n) is 1.02. The maximum atomic E-state index is 9.55. The van der Waals surface area contributed by atoms with Crippen LogP contribution in [0.4, 0.5) is 0 Å². The minimum atomic E-state index is -5.55. The molecule has 0 radical (unpaired) electrons. The fraction of sp³-hybridized carbons (Fsp3) is 0. The topological polar surface area (TPSA) is 193 Å². The molecule has 6 N–H and O–H groups in total. The van der Waals surface area contributed by atoms with E-state index in [-0.39, 0.29) is 30.4 Å². The average Bonchev–Trinajstić information content (AvgIpc) is 1.14. The first-order valence-electron chi connectivity index (χ1n) is 1.50. The van der Waals surface area contributed by atoms with E-state index in [4.69, 9.17) is 9.79 Å². The first-order valence-corrected chi connectivity index (χ1v) is 4.49. The van der Waals surface area contributed by atoms with E-state index >= 15 is 0 Å². The van der Waals surface area contributed by atoms with Gasteiger partial charge in [-0.3, -0.25) is 4.31 Å². The monoisotopic (exact) mass is 276 g/mol. The van der Waals surface area contributed by atoms with E-state index in [1.807, 2.05) is 0 Å². The van der Waals surface area contributed by atoms with Gasteiger partial charge in [-0.1, -0.05) is 0 Å². The van der Waals surface area contributed by atoms with Crippen LogP contribution in [0.25, 0.3) is 0 Å². The van der Waals surface area contributed by atoms with Crippen LogP contribution in [0.2, 0.25) is 0 Å². The van der Waals surface area contributed by atoms with Crippen molar-refractivity contribution in [2.24, 2.45) is 0 Å². The van der Waals surface area contributed by atoms with Crippen molar-refractivity contribution in [2.45, 2.75) is 0 Å².